The lowest BCUT2D eigenvalue weighted by Crippen LogP contribution is -2.08. The van der Waals surface area contributed by atoms with Crippen LogP contribution >= 0.6 is 0 Å². The Labute approximate surface area is 116 Å². The van der Waals surface area contributed by atoms with Gasteiger partial charge in [-0.3, -0.25) is 0 Å². The number of carboxylic acids is 2. The third-order valence-corrected chi connectivity index (χ3v) is 3.32. The summed E-state index contributed by atoms with van der Waals surface area (Å²) in [4.78, 5) is 22.2. The molecular formula is C16H14O4. The van der Waals surface area contributed by atoms with Crippen molar-refractivity contribution in [2.24, 2.45) is 0 Å². The Hall–Kier alpha value is -2.62. The maximum atomic E-state index is 11.2. The molecule has 0 heterocycles. The molecule has 0 saturated carbocycles. The van der Waals surface area contributed by atoms with Crippen molar-refractivity contribution >= 4 is 11.9 Å². The van der Waals surface area contributed by atoms with E-state index in [9.17, 15) is 9.59 Å². The van der Waals surface area contributed by atoms with E-state index in [1.807, 2.05) is 32.0 Å². The van der Waals surface area contributed by atoms with Gasteiger partial charge in [-0.2, -0.15) is 0 Å². The molecule has 2 N–H and O–H groups in total. The second kappa shape index (κ2) is 5.17. The van der Waals surface area contributed by atoms with E-state index in [1.54, 1.807) is 6.07 Å². The number of aromatic carboxylic acids is 2. The Morgan fingerprint density at radius 2 is 1.30 bits per heavy atom. The standard InChI is InChI=1S/C16H14O4/c1-9-3-4-11(7-10(9)2)12-5-6-13(15(17)18)14(8-12)16(19)20/h3-8H,1-2H3,(H,17,18)(H,19,20). The summed E-state index contributed by atoms with van der Waals surface area (Å²) in [6.45, 7) is 3.97. The number of aryl methyl sites for hydroxylation is 2. The number of carbonyl (C=O) groups is 2. The summed E-state index contributed by atoms with van der Waals surface area (Å²) in [5, 5.41) is 18.1. The lowest BCUT2D eigenvalue weighted by atomic mass is 9.96. The van der Waals surface area contributed by atoms with E-state index in [2.05, 4.69) is 0 Å². The lowest BCUT2D eigenvalue weighted by Gasteiger charge is -2.08. The van der Waals surface area contributed by atoms with Gasteiger partial charge in [0.15, 0.2) is 0 Å². The molecule has 2 aromatic carbocycles. The lowest BCUT2D eigenvalue weighted by molar-refractivity contribution is 0.0651. The summed E-state index contributed by atoms with van der Waals surface area (Å²) in [7, 11) is 0. The second-order valence-electron chi connectivity index (χ2n) is 4.67. The molecule has 4 heteroatoms. The molecule has 0 unspecified atom stereocenters. The van der Waals surface area contributed by atoms with Crippen molar-refractivity contribution in [3.63, 3.8) is 0 Å². The van der Waals surface area contributed by atoms with Gasteiger partial charge in [0.05, 0.1) is 11.1 Å². The third kappa shape index (κ3) is 2.54. The fraction of sp³-hybridized carbons (Fsp3) is 0.125. The Kier molecular flexibility index (Phi) is 3.57. The zero-order valence-electron chi connectivity index (χ0n) is 11.2. The summed E-state index contributed by atoms with van der Waals surface area (Å²) in [6, 6.07) is 10.2. The molecule has 20 heavy (non-hydrogen) atoms. The van der Waals surface area contributed by atoms with Crippen LogP contribution in [0.3, 0.4) is 0 Å². The molecule has 102 valence electrons. The summed E-state index contributed by atoms with van der Waals surface area (Å²) in [5.74, 6) is -2.48. The Morgan fingerprint density at radius 3 is 1.85 bits per heavy atom. The average molecular weight is 270 g/mol. The molecule has 0 radical (unpaired) electrons. The van der Waals surface area contributed by atoms with Gasteiger partial charge in [-0.05, 0) is 48.2 Å². The van der Waals surface area contributed by atoms with Crippen LogP contribution in [0.15, 0.2) is 36.4 Å². The largest absolute Gasteiger partial charge is 0.478 e. The van der Waals surface area contributed by atoms with Gasteiger partial charge in [-0.25, -0.2) is 9.59 Å². The van der Waals surface area contributed by atoms with E-state index in [-0.39, 0.29) is 11.1 Å². The Bertz CT molecular complexity index is 702. The van der Waals surface area contributed by atoms with Gasteiger partial charge < -0.3 is 10.2 Å². The van der Waals surface area contributed by atoms with Crippen LogP contribution in [0.2, 0.25) is 0 Å². The molecule has 0 aliphatic carbocycles. The first-order chi connectivity index (χ1) is 9.40. The van der Waals surface area contributed by atoms with Crippen molar-refractivity contribution in [2.45, 2.75) is 13.8 Å². The molecular weight excluding hydrogens is 256 g/mol. The first-order valence-electron chi connectivity index (χ1n) is 6.08. The first-order valence-corrected chi connectivity index (χ1v) is 6.08. The van der Waals surface area contributed by atoms with Crippen LogP contribution in [0.25, 0.3) is 11.1 Å². The third-order valence-electron chi connectivity index (χ3n) is 3.32. The summed E-state index contributed by atoms with van der Waals surface area (Å²) < 4.78 is 0. The van der Waals surface area contributed by atoms with Crippen LogP contribution < -0.4 is 0 Å². The number of rotatable bonds is 3. The van der Waals surface area contributed by atoms with E-state index >= 15 is 0 Å². The topological polar surface area (TPSA) is 74.6 Å². The van der Waals surface area contributed by atoms with Crippen LogP contribution in [-0.2, 0) is 0 Å². The zero-order chi connectivity index (χ0) is 14.9. The highest BCUT2D eigenvalue weighted by molar-refractivity contribution is 6.02. The predicted octanol–water partition coefficient (Wildman–Crippen LogP) is 3.37. The van der Waals surface area contributed by atoms with Crippen molar-refractivity contribution in [3.05, 3.63) is 58.7 Å². The van der Waals surface area contributed by atoms with Crippen molar-refractivity contribution < 1.29 is 19.8 Å². The fourth-order valence-corrected chi connectivity index (χ4v) is 2.01. The van der Waals surface area contributed by atoms with Crippen LogP contribution in [0.1, 0.15) is 31.8 Å². The molecule has 0 bridgehead atoms. The number of hydrogen-bond acceptors (Lipinski definition) is 2. The fourth-order valence-electron chi connectivity index (χ4n) is 2.01. The van der Waals surface area contributed by atoms with Gasteiger partial charge in [0.1, 0.15) is 0 Å². The van der Waals surface area contributed by atoms with E-state index < -0.39 is 11.9 Å². The zero-order valence-corrected chi connectivity index (χ0v) is 11.2. The molecule has 0 aliphatic heterocycles. The quantitative estimate of drug-likeness (QED) is 0.896. The molecule has 0 aliphatic rings. The van der Waals surface area contributed by atoms with Crippen LogP contribution in [0, 0.1) is 13.8 Å². The molecule has 2 rings (SSSR count). The maximum Gasteiger partial charge on any atom is 0.336 e. The van der Waals surface area contributed by atoms with Crippen molar-refractivity contribution in [1.29, 1.82) is 0 Å². The minimum Gasteiger partial charge on any atom is -0.478 e. The van der Waals surface area contributed by atoms with Crippen LogP contribution in [-0.4, -0.2) is 22.2 Å². The molecule has 4 nitrogen and oxygen atoms in total. The molecule has 0 atom stereocenters. The summed E-state index contributed by atoms with van der Waals surface area (Å²) in [5.41, 5.74) is 3.40. The monoisotopic (exact) mass is 270 g/mol. The average Bonchev–Trinajstić information content (AvgIpc) is 2.41. The Morgan fingerprint density at radius 1 is 0.750 bits per heavy atom. The van der Waals surface area contributed by atoms with Gasteiger partial charge in [0, 0.05) is 0 Å². The van der Waals surface area contributed by atoms with Gasteiger partial charge in [-0.1, -0.05) is 24.3 Å². The van der Waals surface area contributed by atoms with E-state index in [4.69, 9.17) is 10.2 Å². The molecule has 0 amide bonds. The minimum absolute atomic E-state index is 0.201. The van der Waals surface area contributed by atoms with Gasteiger partial charge in [0.2, 0.25) is 0 Å². The van der Waals surface area contributed by atoms with E-state index in [0.717, 1.165) is 16.7 Å². The van der Waals surface area contributed by atoms with Crippen molar-refractivity contribution in [2.75, 3.05) is 0 Å². The minimum atomic E-state index is -1.24. The highest BCUT2D eigenvalue weighted by atomic mass is 16.4. The summed E-state index contributed by atoms with van der Waals surface area (Å²) in [6.07, 6.45) is 0. The van der Waals surface area contributed by atoms with Crippen LogP contribution in [0.5, 0.6) is 0 Å². The SMILES string of the molecule is Cc1ccc(-c2ccc(C(=O)O)c(C(=O)O)c2)cc1C. The number of hydrogen-bond donors (Lipinski definition) is 2. The second-order valence-corrected chi connectivity index (χ2v) is 4.67. The molecule has 0 spiro atoms. The molecule has 0 fully saturated rings. The van der Waals surface area contributed by atoms with Gasteiger partial charge in [-0.15, -0.1) is 0 Å². The number of carboxylic acid groups (broad SMARTS) is 2. The van der Waals surface area contributed by atoms with Crippen LogP contribution in [0.4, 0.5) is 0 Å². The highest BCUT2D eigenvalue weighted by Crippen LogP contribution is 2.25. The Balaban J connectivity index is 2.58. The molecule has 0 saturated heterocycles. The first kappa shape index (κ1) is 13.8. The molecule has 2 aromatic rings. The van der Waals surface area contributed by atoms with Crippen molar-refractivity contribution in [1.82, 2.24) is 0 Å². The van der Waals surface area contributed by atoms with Gasteiger partial charge >= 0.3 is 11.9 Å². The van der Waals surface area contributed by atoms with Crippen molar-refractivity contribution in [3.8, 4) is 11.1 Å². The summed E-state index contributed by atoms with van der Waals surface area (Å²) >= 11 is 0. The normalized spacial score (nSPS) is 10.3. The van der Waals surface area contributed by atoms with E-state index in [0.29, 0.717) is 5.56 Å². The smallest absolute Gasteiger partial charge is 0.336 e. The van der Waals surface area contributed by atoms with Gasteiger partial charge in [0.25, 0.3) is 0 Å². The predicted molar refractivity (Wildman–Crippen MR) is 75.3 cm³/mol. The molecule has 0 aromatic heterocycles. The highest BCUT2D eigenvalue weighted by Gasteiger charge is 2.16. The number of benzene rings is 2. The van der Waals surface area contributed by atoms with E-state index in [1.165, 1.54) is 12.1 Å². The maximum absolute atomic E-state index is 11.2.